The minimum Gasteiger partial charge on any atom is -0.359 e. The van der Waals surface area contributed by atoms with Crippen LogP contribution >= 0.6 is 0 Å². The fourth-order valence-corrected chi connectivity index (χ4v) is 3.15. The molecule has 4 rings (SSSR count). The molecule has 1 aromatic heterocycles. The zero-order valence-electron chi connectivity index (χ0n) is 9.89. The number of imidazole rings is 1. The summed E-state index contributed by atoms with van der Waals surface area (Å²) in [4.78, 5) is 21.4. The quantitative estimate of drug-likeness (QED) is 0.780. The van der Waals surface area contributed by atoms with Crippen LogP contribution in [0.1, 0.15) is 6.42 Å². The van der Waals surface area contributed by atoms with Gasteiger partial charge in [0.1, 0.15) is 6.04 Å². The maximum atomic E-state index is 11.9. The van der Waals surface area contributed by atoms with Crippen molar-refractivity contribution in [3.05, 3.63) is 24.5 Å². The largest absolute Gasteiger partial charge is 0.359 e. The predicted molar refractivity (Wildman–Crippen MR) is 68.3 cm³/mol. The summed E-state index contributed by atoms with van der Waals surface area (Å²) in [7, 11) is 0. The summed E-state index contributed by atoms with van der Waals surface area (Å²) in [6, 6.07) is 6.16. The van der Waals surface area contributed by atoms with E-state index in [0.29, 0.717) is 5.92 Å². The zero-order chi connectivity index (χ0) is 12.1. The van der Waals surface area contributed by atoms with Gasteiger partial charge in [-0.25, -0.2) is 4.98 Å². The van der Waals surface area contributed by atoms with E-state index in [1.165, 1.54) is 0 Å². The summed E-state index contributed by atoms with van der Waals surface area (Å²) in [5.74, 6) is 0.631. The summed E-state index contributed by atoms with van der Waals surface area (Å²) < 4.78 is 0. The zero-order valence-corrected chi connectivity index (χ0v) is 9.89. The summed E-state index contributed by atoms with van der Waals surface area (Å²) in [6.45, 7) is 1.78. The summed E-state index contributed by atoms with van der Waals surface area (Å²) in [5, 5.41) is 2.95. The van der Waals surface area contributed by atoms with Gasteiger partial charge in [-0.3, -0.25) is 4.79 Å². The molecule has 2 aromatic rings. The van der Waals surface area contributed by atoms with Gasteiger partial charge < -0.3 is 15.2 Å². The number of nitrogens with one attached hydrogen (secondary N) is 2. The molecule has 2 N–H and O–H groups in total. The first-order chi connectivity index (χ1) is 8.83. The number of anilines is 1. The molecule has 1 amide bonds. The predicted octanol–water partition coefficient (Wildman–Crippen LogP) is 0.888. The van der Waals surface area contributed by atoms with Crippen LogP contribution in [0.4, 0.5) is 5.69 Å². The Bertz CT molecular complexity index is 620. The maximum Gasteiger partial charge on any atom is 0.243 e. The Labute approximate surface area is 104 Å². The van der Waals surface area contributed by atoms with E-state index in [-0.39, 0.29) is 11.9 Å². The molecule has 0 saturated carbocycles. The molecule has 0 bridgehead atoms. The first kappa shape index (κ1) is 9.94. The number of aromatic nitrogens is 2. The van der Waals surface area contributed by atoms with E-state index >= 15 is 0 Å². The summed E-state index contributed by atoms with van der Waals surface area (Å²) in [5.41, 5.74) is 3.08. The molecule has 0 unspecified atom stereocenters. The Hall–Kier alpha value is -2.04. The van der Waals surface area contributed by atoms with Crippen molar-refractivity contribution in [3.63, 3.8) is 0 Å². The molecule has 2 saturated heterocycles. The van der Waals surface area contributed by atoms with Crippen molar-refractivity contribution in [2.24, 2.45) is 5.92 Å². The molecule has 3 heterocycles. The van der Waals surface area contributed by atoms with Crippen LogP contribution in [-0.4, -0.2) is 35.0 Å². The van der Waals surface area contributed by atoms with Crippen LogP contribution in [0.5, 0.6) is 0 Å². The number of amides is 1. The lowest BCUT2D eigenvalue weighted by molar-refractivity contribution is -0.120. The van der Waals surface area contributed by atoms with E-state index in [1.54, 1.807) is 6.33 Å². The highest BCUT2D eigenvalue weighted by molar-refractivity contribution is 5.89. The normalized spacial score (nSPS) is 26.7. The minimum absolute atomic E-state index is 0.0152. The topological polar surface area (TPSA) is 61.0 Å². The van der Waals surface area contributed by atoms with E-state index in [0.717, 1.165) is 36.2 Å². The molecule has 0 spiro atoms. The van der Waals surface area contributed by atoms with Crippen LogP contribution in [-0.2, 0) is 4.79 Å². The van der Waals surface area contributed by atoms with Crippen LogP contribution in [0, 0.1) is 5.92 Å². The first-order valence-electron chi connectivity index (χ1n) is 6.30. The van der Waals surface area contributed by atoms with Crippen LogP contribution < -0.4 is 10.2 Å². The maximum absolute atomic E-state index is 11.9. The molecule has 18 heavy (non-hydrogen) atoms. The monoisotopic (exact) mass is 242 g/mol. The number of aromatic amines is 1. The van der Waals surface area contributed by atoms with Crippen molar-refractivity contribution in [1.82, 2.24) is 15.3 Å². The van der Waals surface area contributed by atoms with Crippen molar-refractivity contribution >= 4 is 22.6 Å². The lowest BCUT2D eigenvalue weighted by atomic mass is 10.0. The van der Waals surface area contributed by atoms with Crippen LogP contribution in [0.25, 0.3) is 11.0 Å². The fourth-order valence-electron chi connectivity index (χ4n) is 3.15. The molecule has 2 atom stereocenters. The lowest BCUT2D eigenvalue weighted by Gasteiger charge is -2.24. The van der Waals surface area contributed by atoms with E-state index in [9.17, 15) is 4.79 Å². The van der Waals surface area contributed by atoms with Crippen molar-refractivity contribution in [2.75, 3.05) is 18.0 Å². The fraction of sp³-hybridized carbons (Fsp3) is 0.385. The van der Waals surface area contributed by atoms with Crippen LogP contribution in [0.15, 0.2) is 24.5 Å². The Balaban J connectivity index is 1.75. The van der Waals surface area contributed by atoms with E-state index in [1.807, 2.05) is 6.07 Å². The number of nitrogens with zero attached hydrogens (tertiary/aromatic N) is 2. The van der Waals surface area contributed by atoms with Crippen molar-refractivity contribution in [3.8, 4) is 0 Å². The Morgan fingerprint density at radius 2 is 2.33 bits per heavy atom. The van der Waals surface area contributed by atoms with E-state index in [2.05, 4.69) is 32.3 Å². The molecule has 5 nitrogen and oxygen atoms in total. The third-order valence-electron chi connectivity index (χ3n) is 4.07. The van der Waals surface area contributed by atoms with Gasteiger partial charge >= 0.3 is 0 Å². The van der Waals surface area contributed by atoms with Crippen molar-refractivity contribution in [2.45, 2.75) is 12.5 Å². The second kappa shape index (κ2) is 3.48. The highest BCUT2D eigenvalue weighted by Gasteiger charge is 2.43. The third kappa shape index (κ3) is 1.27. The minimum atomic E-state index is 0.0152. The summed E-state index contributed by atoms with van der Waals surface area (Å²) >= 11 is 0. The SMILES string of the molecule is O=C1NC[C@@H]2CCN(c3ccc4[nH]cnc4c3)[C@H]12. The average molecular weight is 242 g/mol. The smallest absolute Gasteiger partial charge is 0.243 e. The van der Waals surface area contributed by atoms with Crippen LogP contribution in [0.3, 0.4) is 0 Å². The molecular formula is C13H14N4O. The molecule has 2 aliphatic heterocycles. The van der Waals surface area contributed by atoms with Gasteiger partial charge in [0.25, 0.3) is 0 Å². The average Bonchev–Trinajstić information content (AvgIpc) is 3.06. The summed E-state index contributed by atoms with van der Waals surface area (Å²) in [6.07, 6.45) is 2.78. The molecule has 92 valence electrons. The van der Waals surface area contributed by atoms with Crippen molar-refractivity contribution in [1.29, 1.82) is 0 Å². The van der Waals surface area contributed by atoms with Crippen molar-refractivity contribution < 1.29 is 4.79 Å². The van der Waals surface area contributed by atoms with Gasteiger partial charge in [0.15, 0.2) is 0 Å². The van der Waals surface area contributed by atoms with Gasteiger partial charge in [-0.1, -0.05) is 0 Å². The number of carbonyl (C=O) groups excluding carboxylic acids is 1. The Morgan fingerprint density at radius 1 is 1.39 bits per heavy atom. The number of fused-ring (bicyclic) bond motifs is 2. The van der Waals surface area contributed by atoms with E-state index < -0.39 is 0 Å². The highest BCUT2D eigenvalue weighted by atomic mass is 16.2. The van der Waals surface area contributed by atoms with Gasteiger partial charge in [-0.05, 0) is 24.6 Å². The second-order valence-electron chi connectivity index (χ2n) is 5.04. The number of hydrogen-bond acceptors (Lipinski definition) is 3. The van der Waals surface area contributed by atoms with Gasteiger partial charge in [-0.15, -0.1) is 0 Å². The van der Waals surface area contributed by atoms with Gasteiger partial charge in [0.05, 0.1) is 17.4 Å². The number of H-pyrrole nitrogens is 1. The van der Waals surface area contributed by atoms with Gasteiger partial charge in [-0.2, -0.15) is 0 Å². The Kier molecular flexibility index (Phi) is 1.92. The number of benzene rings is 1. The molecule has 0 radical (unpaired) electrons. The molecule has 2 aliphatic rings. The molecular weight excluding hydrogens is 228 g/mol. The molecule has 1 aromatic carbocycles. The van der Waals surface area contributed by atoms with Crippen LogP contribution in [0.2, 0.25) is 0 Å². The molecule has 5 heteroatoms. The number of hydrogen-bond donors (Lipinski definition) is 2. The second-order valence-corrected chi connectivity index (χ2v) is 5.04. The lowest BCUT2D eigenvalue weighted by Crippen LogP contribution is -2.38. The third-order valence-corrected chi connectivity index (χ3v) is 4.07. The van der Waals surface area contributed by atoms with Gasteiger partial charge in [0.2, 0.25) is 5.91 Å². The van der Waals surface area contributed by atoms with Gasteiger partial charge in [0, 0.05) is 24.7 Å². The molecule has 0 aliphatic carbocycles. The molecule has 2 fully saturated rings. The number of carbonyl (C=O) groups is 1. The standard InChI is InChI=1S/C13H14N4O/c18-13-12-8(6-14-13)3-4-17(12)9-1-2-10-11(5-9)16-7-15-10/h1-2,5,7-8,12H,3-4,6H2,(H,14,18)(H,15,16)/t8-,12-/m0/s1. The number of rotatable bonds is 1. The highest BCUT2D eigenvalue weighted by Crippen LogP contribution is 2.33. The Morgan fingerprint density at radius 3 is 3.28 bits per heavy atom. The van der Waals surface area contributed by atoms with E-state index in [4.69, 9.17) is 0 Å². The first-order valence-corrected chi connectivity index (χ1v) is 6.30.